The van der Waals surface area contributed by atoms with E-state index in [1.165, 1.54) is 5.56 Å². The second-order valence-corrected chi connectivity index (χ2v) is 3.22. The highest BCUT2D eigenvalue weighted by atomic mass is 14.1. The van der Waals surface area contributed by atoms with Gasteiger partial charge < -0.3 is 0 Å². The minimum absolute atomic E-state index is 0.161. The van der Waals surface area contributed by atoms with Crippen molar-refractivity contribution in [1.29, 1.82) is 0 Å². The van der Waals surface area contributed by atoms with Crippen LogP contribution in [0.5, 0.6) is 0 Å². The molecule has 0 amide bonds. The van der Waals surface area contributed by atoms with Gasteiger partial charge in [-0.25, -0.2) is 0 Å². The second kappa shape index (κ2) is 5.58. The summed E-state index contributed by atoms with van der Waals surface area (Å²) in [6.07, 6.45) is 4.77. The highest BCUT2D eigenvalue weighted by Gasteiger charge is 2.00. The fourth-order valence-electron chi connectivity index (χ4n) is 1.30. The zero-order valence-electron chi connectivity index (χ0n) is 11.0. The van der Waals surface area contributed by atoms with Crippen molar-refractivity contribution < 1.29 is 4.11 Å². The molecule has 0 N–H and O–H groups in total. The molecule has 0 heteroatoms. The molecule has 0 spiro atoms. The lowest BCUT2D eigenvalue weighted by molar-refractivity contribution is 0.778. The van der Waals surface area contributed by atoms with Gasteiger partial charge in [0, 0.05) is 4.11 Å². The molecule has 0 nitrogen and oxygen atoms in total. The number of hydrogen-bond acceptors (Lipinski definition) is 0. The topological polar surface area (TPSA) is 0 Å². The van der Waals surface area contributed by atoms with Crippen LogP contribution in [0.1, 0.15) is 42.2 Å². The fourth-order valence-corrected chi connectivity index (χ4v) is 1.30. The highest BCUT2D eigenvalue weighted by molar-refractivity contribution is 5.19. The van der Waals surface area contributed by atoms with Gasteiger partial charge in [-0.05, 0) is 24.3 Å². The van der Waals surface area contributed by atoms with E-state index in [0.717, 1.165) is 6.42 Å². The molecule has 0 saturated carbocycles. The fraction of sp³-hybridized carbons (Fsp3) is 0.385. The third kappa shape index (κ3) is 3.45. The van der Waals surface area contributed by atoms with Crippen molar-refractivity contribution in [2.75, 3.05) is 0 Å². The number of rotatable bonds is 4. The minimum atomic E-state index is -1.84. The van der Waals surface area contributed by atoms with Crippen LogP contribution in [0.2, 0.25) is 0 Å². The molecule has 0 bridgehead atoms. The molecule has 0 heterocycles. The smallest absolute Gasteiger partial charge is 0.0233 e. The van der Waals surface area contributed by atoms with Crippen LogP contribution in [0.4, 0.5) is 0 Å². The SMILES string of the molecule is [2H]C([2H])([2H])C/C=C/CC(C)c1ccccc1. The van der Waals surface area contributed by atoms with Crippen LogP contribution < -0.4 is 0 Å². The molecule has 1 rings (SSSR count). The maximum absolute atomic E-state index is 7.06. The van der Waals surface area contributed by atoms with Crippen LogP contribution in [0.25, 0.3) is 0 Å². The lowest BCUT2D eigenvalue weighted by Crippen LogP contribution is -1.90. The summed E-state index contributed by atoms with van der Waals surface area (Å²) in [6, 6.07) is 10.3. The summed E-state index contributed by atoms with van der Waals surface area (Å²) in [5.41, 5.74) is 1.29. The molecule has 70 valence electrons. The van der Waals surface area contributed by atoms with Crippen LogP contribution in [-0.2, 0) is 0 Å². The molecule has 0 radical (unpaired) electrons. The van der Waals surface area contributed by atoms with E-state index in [1.54, 1.807) is 6.08 Å². The van der Waals surface area contributed by atoms with Crippen LogP contribution in [-0.4, -0.2) is 0 Å². The zero-order chi connectivity index (χ0) is 12.0. The number of benzene rings is 1. The second-order valence-electron chi connectivity index (χ2n) is 3.22. The molecule has 1 aromatic carbocycles. The van der Waals surface area contributed by atoms with Crippen molar-refractivity contribution in [2.24, 2.45) is 0 Å². The van der Waals surface area contributed by atoms with Crippen LogP contribution in [0, 0.1) is 0 Å². The zero-order valence-corrected chi connectivity index (χ0v) is 8.03. The van der Waals surface area contributed by atoms with E-state index in [0.29, 0.717) is 5.92 Å². The van der Waals surface area contributed by atoms with E-state index < -0.39 is 6.85 Å². The van der Waals surface area contributed by atoms with Crippen molar-refractivity contribution in [3.63, 3.8) is 0 Å². The Balaban J connectivity index is 2.39. The van der Waals surface area contributed by atoms with Gasteiger partial charge in [0.05, 0.1) is 0 Å². The van der Waals surface area contributed by atoms with E-state index >= 15 is 0 Å². The van der Waals surface area contributed by atoms with Crippen molar-refractivity contribution in [3.8, 4) is 0 Å². The van der Waals surface area contributed by atoms with Gasteiger partial charge in [0.2, 0.25) is 0 Å². The molecule has 0 aliphatic rings. The number of allylic oxidation sites excluding steroid dienone is 2. The third-order valence-corrected chi connectivity index (χ3v) is 2.14. The Morgan fingerprint density at radius 3 is 2.77 bits per heavy atom. The first-order chi connectivity index (χ1) is 7.49. The summed E-state index contributed by atoms with van der Waals surface area (Å²) in [5, 5.41) is 0. The molecule has 1 aromatic rings. The normalized spacial score (nSPS) is 17.8. The minimum Gasteiger partial charge on any atom is -0.0888 e. The Labute approximate surface area is 85.5 Å². The molecule has 0 aromatic heterocycles. The van der Waals surface area contributed by atoms with E-state index in [9.17, 15) is 0 Å². The standard InChI is InChI=1S/C13H18/c1-3-4-6-9-12(2)13-10-7-5-8-11-13/h4-8,10-12H,3,9H2,1-2H3/b6-4+/i1D3. The van der Waals surface area contributed by atoms with Crippen molar-refractivity contribution >= 4 is 0 Å². The van der Waals surface area contributed by atoms with Gasteiger partial charge in [-0.3, -0.25) is 0 Å². The van der Waals surface area contributed by atoms with Gasteiger partial charge >= 0.3 is 0 Å². The summed E-state index contributed by atoms with van der Waals surface area (Å²) >= 11 is 0. The molecular formula is C13H18. The summed E-state index contributed by atoms with van der Waals surface area (Å²) in [5.74, 6) is 0.439. The van der Waals surface area contributed by atoms with Gasteiger partial charge in [-0.2, -0.15) is 0 Å². The Hall–Kier alpha value is -1.04. The van der Waals surface area contributed by atoms with Crippen molar-refractivity contribution in [2.45, 2.75) is 32.5 Å². The quantitative estimate of drug-likeness (QED) is 0.606. The van der Waals surface area contributed by atoms with E-state index in [4.69, 9.17) is 4.11 Å². The predicted molar refractivity (Wildman–Crippen MR) is 58.9 cm³/mol. The van der Waals surface area contributed by atoms with Crippen LogP contribution >= 0.6 is 0 Å². The summed E-state index contributed by atoms with van der Waals surface area (Å²) in [4.78, 5) is 0. The maximum Gasteiger partial charge on any atom is 0.0233 e. The first-order valence-corrected chi connectivity index (χ1v) is 4.69. The molecule has 13 heavy (non-hydrogen) atoms. The van der Waals surface area contributed by atoms with E-state index in [-0.39, 0.29) is 6.42 Å². The molecule has 0 aliphatic carbocycles. The van der Waals surface area contributed by atoms with Crippen LogP contribution in [0.15, 0.2) is 42.5 Å². The maximum atomic E-state index is 7.06. The van der Waals surface area contributed by atoms with Gasteiger partial charge in [-0.15, -0.1) is 0 Å². The summed E-state index contributed by atoms with van der Waals surface area (Å²) < 4.78 is 21.2. The summed E-state index contributed by atoms with van der Waals surface area (Å²) in [6.45, 7) is 0.307. The van der Waals surface area contributed by atoms with Gasteiger partial charge in [0.15, 0.2) is 0 Å². The molecule has 1 atom stereocenters. The average Bonchev–Trinajstić information content (AvgIpc) is 2.24. The van der Waals surface area contributed by atoms with Gasteiger partial charge in [-0.1, -0.05) is 56.3 Å². The Morgan fingerprint density at radius 1 is 1.31 bits per heavy atom. The Morgan fingerprint density at radius 2 is 2.08 bits per heavy atom. The molecule has 0 saturated heterocycles. The predicted octanol–water partition coefficient (Wildman–Crippen LogP) is 4.15. The molecular weight excluding hydrogens is 156 g/mol. The van der Waals surface area contributed by atoms with E-state index in [1.807, 2.05) is 24.3 Å². The Kier molecular flexibility index (Phi) is 2.75. The molecule has 0 fully saturated rings. The van der Waals surface area contributed by atoms with Crippen molar-refractivity contribution in [3.05, 3.63) is 48.0 Å². The van der Waals surface area contributed by atoms with Gasteiger partial charge in [0.25, 0.3) is 0 Å². The highest BCUT2D eigenvalue weighted by Crippen LogP contribution is 2.18. The molecule has 1 unspecified atom stereocenters. The van der Waals surface area contributed by atoms with Crippen molar-refractivity contribution in [1.82, 2.24) is 0 Å². The summed E-state index contributed by atoms with van der Waals surface area (Å²) in [7, 11) is 0. The lowest BCUT2D eigenvalue weighted by atomic mass is 9.98. The Bertz CT molecular complexity index is 325. The van der Waals surface area contributed by atoms with E-state index in [2.05, 4.69) is 19.1 Å². The molecule has 0 aliphatic heterocycles. The monoisotopic (exact) mass is 177 g/mol. The third-order valence-electron chi connectivity index (χ3n) is 2.14. The first-order valence-electron chi connectivity index (χ1n) is 6.19. The largest absolute Gasteiger partial charge is 0.0888 e. The lowest BCUT2D eigenvalue weighted by Gasteiger charge is -2.07. The first kappa shape index (κ1) is 6.42. The van der Waals surface area contributed by atoms with Gasteiger partial charge in [0.1, 0.15) is 0 Å². The average molecular weight is 177 g/mol. The number of hydrogen-bond donors (Lipinski definition) is 0. The van der Waals surface area contributed by atoms with Crippen LogP contribution in [0.3, 0.4) is 0 Å².